The molecule has 1 aliphatic rings. The summed E-state index contributed by atoms with van der Waals surface area (Å²) in [7, 11) is 0. The number of tetrazole rings is 1. The molecule has 3 rings (SSSR count). The Balaban J connectivity index is 1.85. The van der Waals surface area contributed by atoms with Gasteiger partial charge in [-0.15, -0.1) is 5.10 Å². The van der Waals surface area contributed by atoms with E-state index in [0.717, 1.165) is 28.6 Å². The topological polar surface area (TPSA) is 82.5 Å². The third-order valence-electron chi connectivity index (χ3n) is 3.39. The number of hydrogen-bond acceptors (Lipinski definition) is 6. The second-order valence-electron chi connectivity index (χ2n) is 4.62. The van der Waals surface area contributed by atoms with Gasteiger partial charge < -0.3 is 5.73 Å². The van der Waals surface area contributed by atoms with E-state index in [1.165, 1.54) is 24.6 Å². The lowest BCUT2D eigenvalue weighted by molar-refractivity contribution is 0.423. The fourth-order valence-corrected chi connectivity index (χ4v) is 3.31. The molecule has 1 fully saturated rings. The van der Waals surface area contributed by atoms with Gasteiger partial charge in [0.05, 0.1) is 6.04 Å². The molecular formula is C12H16N6S. The van der Waals surface area contributed by atoms with E-state index in [-0.39, 0.29) is 0 Å². The van der Waals surface area contributed by atoms with Gasteiger partial charge in [0.2, 0.25) is 5.16 Å². The molecule has 0 atom stereocenters. The molecule has 0 saturated heterocycles. The Bertz CT molecular complexity index is 549. The second kappa shape index (κ2) is 5.66. The van der Waals surface area contributed by atoms with Crippen molar-refractivity contribution in [3.63, 3.8) is 0 Å². The van der Waals surface area contributed by atoms with E-state index in [2.05, 4.69) is 20.5 Å². The molecule has 0 aliphatic heterocycles. The van der Waals surface area contributed by atoms with Gasteiger partial charge in [0.15, 0.2) is 0 Å². The minimum Gasteiger partial charge on any atom is -0.326 e. The van der Waals surface area contributed by atoms with E-state index in [1.54, 1.807) is 6.20 Å². The molecule has 2 aromatic rings. The minimum atomic E-state index is 0.433. The van der Waals surface area contributed by atoms with Gasteiger partial charge >= 0.3 is 0 Å². The maximum atomic E-state index is 5.73. The number of nitrogens with two attached hydrogens (primary N) is 1. The Kier molecular flexibility index (Phi) is 3.74. The van der Waals surface area contributed by atoms with Gasteiger partial charge in [-0.25, -0.2) is 9.67 Å². The third kappa shape index (κ3) is 2.62. The lowest BCUT2D eigenvalue weighted by Gasteiger charge is -2.11. The van der Waals surface area contributed by atoms with Gasteiger partial charge in [0.25, 0.3) is 0 Å². The van der Waals surface area contributed by atoms with E-state index >= 15 is 0 Å². The van der Waals surface area contributed by atoms with E-state index in [1.807, 2.05) is 16.8 Å². The van der Waals surface area contributed by atoms with Crippen LogP contribution in [0, 0.1) is 0 Å². The van der Waals surface area contributed by atoms with Crippen LogP contribution in [0.5, 0.6) is 0 Å². The average Bonchev–Trinajstić information content (AvgIpc) is 3.09. The van der Waals surface area contributed by atoms with Crippen molar-refractivity contribution in [1.29, 1.82) is 0 Å². The minimum absolute atomic E-state index is 0.433. The van der Waals surface area contributed by atoms with Crippen molar-refractivity contribution in [2.45, 2.75) is 48.5 Å². The van der Waals surface area contributed by atoms with E-state index < -0.39 is 0 Å². The van der Waals surface area contributed by atoms with Crippen molar-refractivity contribution in [2.75, 3.05) is 0 Å². The fourth-order valence-electron chi connectivity index (χ4n) is 2.39. The van der Waals surface area contributed by atoms with Crippen LogP contribution < -0.4 is 5.73 Å². The predicted octanol–water partition coefficient (Wildman–Crippen LogP) is 1.79. The highest BCUT2D eigenvalue weighted by Gasteiger charge is 2.22. The van der Waals surface area contributed by atoms with Crippen LogP contribution in [0.25, 0.3) is 0 Å². The Hall–Kier alpha value is -1.47. The van der Waals surface area contributed by atoms with Gasteiger partial charge in [0.1, 0.15) is 5.03 Å². The standard InChI is InChI=1S/C12H16N6S/c13-8-9-4-3-7-14-11(9)19-12-15-16-17-18(12)10-5-1-2-6-10/h3-4,7,10H,1-2,5-6,8,13H2. The van der Waals surface area contributed by atoms with Crippen LogP contribution >= 0.6 is 11.8 Å². The zero-order chi connectivity index (χ0) is 13.1. The van der Waals surface area contributed by atoms with Crippen LogP contribution in [0.3, 0.4) is 0 Å². The zero-order valence-electron chi connectivity index (χ0n) is 10.6. The molecule has 7 heteroatoms. The number of pyridine rings is 1. The highest BCUT2D eigenvalue weighted by Crippen LogP contribution is 2.33. The highest BCUT2D eigenvalue weighted by atomic mass is 32.2. The summed E-state index contributed by atoms with van der Waals surface area (Å²) in [6.07, 6.45) is 6.60. The Labute approximate surface area is 115 Å². The summed E-state index contributed by atoms with van der Waals surface area (Å²) in [6.45, 7) is 0.473. The molecule has 2 aromatic heterocycles. The smallest absolute Gasteiger partial charge is 0.215 e. The van der Waals surface area contributed by atoms with Gasteiger partial charge in [-0.3, -0.25) is 0 Å². The number of nitrogens with zero attached hydrogens (tertiary/aromatic N) is 5. The average molecular weight is 276 g/mol. The summed E-state index contributed by atoms with van der Waals surface area (Å²) in [5, 5.41) is 13.7. The highest BCUT2D eigenvalue weighted by molar-refractivity contribution is 7.99. The van der Waals surface area contributed by atoms with Crippen LogP contribution in [0.15, 0.2) is 28.5 Å². The monoisotopic (exact) mass is 276 g/mol. The summed E-state index contributed by atoms with van der Waals surface area (Å²) in [5.41, 5.74) is 6.75. The Morgan fingerprint density at radius 3 is 3.00 bits per heavy atom. The third-order valence-corrected chi connectivity index (χ3v) is 4.40. The van der Waals surface area contributed by atoms with E-state index in [0.29, 0.717) is 12.6 Å². The van der Waals surface area contributed by atoms with Crippen molar-refractivity contribution in [1.82, 2.24) is 25.2 Å². The van der Waals surface area contributed by atoms with Gasteiger partial charge in [-0.1, -0.05) is 18.9 Å². The maximum Gasteiger partial charge on any atom is 0.215 e. The lowest BCUT2D eigenvalue weighted by Crippen LogP contribution is -2.08. The second-order valence-corrected chi connectivity index (χ2v) is 5.57. The summed E-state index contributed by atoms with van der Waals surface area (Å²) in [4.78, 5) is 4.37. The first-order chi connectivity index (χ1) is 9.38. The van der Waals surface area contributed by atoms with Crippen molar-refractivity contribution in [3.8, 4) is 0 Å². The van der Waals surface area contributed by atoms with Crippen molar-refractivity contribution >= 4 is 11.8 Å². The van der Waals surface area contributed by atoms with E-state index in [9.17, 15) is 0 Å². The molecule has 2 N–H and O–H groups in total. The summed E-state index contributed by atoms with van der Waals surface area (Å²) in [6, 6.07) is 4.31. The number of rotatable bonds is 4. The normalized spacial score (nSPS) is 16.1. The number of aromatic nitrogens is 5. The SMILES string of the molecule is NCc1cccnc1Sc1nnnn1C1CCCC1. The van der Waals surface area contributed by atoms with Crippen molar-refractivity contribution in [3.05, 3.63) is 23.9 Å². The molecule has 1 aliphatic carbocycles. The van der Waals surface area contributed by atoms with Crippen molar-refractivity contribution < 1.29 is 0 Å². The fraction of sp³-hybridized carbons (Fsp3) is 0.500. The summed E-state index contributed by atoms with van der Waals surface area (Å²) in [5.74, 6) is 0. The summed E-state index contributed by atoms with van der Waals surface area (Å²) >= 11 is 1.49. The van der Waals surface area contributed by atoms with E-state index in [4.69, 9.17) is 5.73 Å². The lowest BCUT2D eigenvalue weighted by atomic mass is 10.3. The van der Waals surface area contributed by atoms with Crippen LogP contribution in [0.2, 0.25) is 0 Å². The van der Waals surface area contributed by atoms with Gasteiger partial charge in [-0.05, 0) is 46.7 Å². The molecule has 100 valence electrons. The molecule has 0 amide bonds. The summed E-state index contributed by atoms with van der Waals surface area (Å²) < 4.78 is 1.94. The predicted molar refractivity (Wildman–Crippen MR) is 71.6 cm³/mol. The Morgan fingerprint density at radius 1 is 1.37 bits per heavy atom. The molecule has 0 bridgehead atoms. The van der Waals surface area contributed by atoms with Crippen LogP contribution in [0.4, 0.5) is 0 Å². The molecular weight excluding hydrogens is 260 g/mol. The Morgan fingerprint density at radius 2 is 2.21 bits per heavy atom. The maximum absolute atomic E-state index is 5.73. The quantitative estimate of drug-likeness (QED) is 0.916. The van der Waals surface area contributed by atoms with Crippen LogP contribution in [0.1, 0.15) is 37.3 Å². The molecule has 19 heavy (non-hydrogen) atoms. The molecule has 0 spiro atoms. The number of hydrogen-bond donors (Lipinski definition) is 1. The van der Waals surface area contributed by atoms with Crippen molar-refractivity contribution in [2.24, 2.45) is 5.73 Å². The zero-order valence-corrected chi connectivity index (χ0v) is 11.4. The molecule has 0 radical (unpaired) electrons. The molecule has 6 nitrogen and oxygen atoms in total. The first kappa shape index (κ1) is 12.6. The molecule has 1 saturated carbocycles. The van der Waals surface area contributed by atoms with Crippen LogP contribution in [-0.2, 0) is 6.54 Å². The van der Waals surface area contributed by atoms with Gasteiger partial charge in [-0.2, -0.15) is 0 Å². The molecule has 0 unspecified atom stereocenters. The van der Waals surface area contributed by atoms with Gasteiger partial charge in [0, 0.05) is 12.7 Å². The molecule has 2 heterocycles. The first-order valence-corrected chi connectivity index (χ1v) is 7.30. The van der Waals surface area contributed by atoms with Crippen LogP contribution in [-0.4, -0.2) is 25.2 Å². The molecule has 0 aromatic carbocycles. The largest absolute Gasteiger partial charge is 0.326 e. The first-order valence-electron chi connectivity index (χ1n) is 6.48.